The van der Waals surface area contributed by atoms with Crippen molar-refractivity contribution in [3.8, 4) is 11.5 Å². The molecule has 1 N–H and O–H groups in total. The molecule has 0 aromatic heterocycles. The number of fused-ring (bicyclic) bond motifs is 1. The maximum absolute atomic E-state index is 13.1. The maximum atomic E-state index is 13.1. The summed E-state index contributed by atoms with van der Waals surface area (Å²) in [6.45, 7) is 2.61. The zero-order valence-electron chi connectivity index (χ0n) is 15.3. The summed E-state index contributed by atoms with van der Waals surface area (Å²) in [5.41, 5.74) is 1.09. The largest absolute Gasteiger partial charge is 0.486 e. The molecule has 146 valence electrons. The van der Waals surface area contributed by atoms with Crippen molar-refractivity contribution in [1.82, 2.24) is 4.90 Å². The molecular weight excluding hydrogens is 350 g/mol. The number of benzene rings is 1. The van der Waals surface area contributed by atoms with Gasteiger partial charge in [0.15, 0.2) is 11.5 Å². The van der Waals surface area contributed by atoms with Crippen molar-refractivity contribution >= 4 is 11.9 Å². The molecule has 1 aromatic carbocycles. The van der Waals surface area contributed by atoms with E-state index in [4.69, 9.17) is 19.3 Å². The third kappa shape index (κ3) is 4.03. The number of ether oxygens (including phenoxy) is 3. The molecule has 2 fully saturated rings. The van der Waals surface area contributed by atoms with E-state index in [1.54, 1.807) is 4.90 Å². The van der Waals surface area contributed by atoms with Gasteiger partial charge in [-0.25, -0.2) is 0 Å². The molecule has 1 aliphatic carbocycles. The lowest BCUT2D eigenvalue weighted by Crippen LogP contribution is -2.45. The molecular formula is C20H25NO6. The molecule has 2 unspecified atom stereocenters. The highest BCUT2D eigenvalue weighted by atomic mass is 16.6. The quantitative estimate of drug-likeness (QED) is 0.819. The number of carbonyl (C=O) groups excluding carboxylic acids is 1. The molecule has 1 saturated carbocycles. The van der Waals surface area contributed by atoms with Crippen molar-refractivity contribution in [2.45, 2.75) is 37.6 Å². The molecule has 1 aromatic rings. The fourth-order valence-electron chi connectivity index (χ4n) is 4.03. The van der Waals surface area contributed by atoms with Gasteiger partial charge in [0.2, 0.25) is 5.91 Å². The molecule has 2 atom stereocenters. The monoisotopic (exact) mass is 375 g/mol. The van der Waals surface area contributed by atoms with E-state index in [0.717, 1.165) is 36.3 Å². The van der Waals surface area contributed by atoms with Crippen molar-refractivity contribution in [2.24, 2.45) is 5.92 Å². The number of aliphatic carboxylic acids is 1. The first-order valence-corrected chi connectivity index (χ1v) is 9.63. The van der Waals surface area contributed by atoms with E-state index in [9.17, 15) is 9.59 Å². The molecule has 1 amide bonds. The second kappa shape index (κ2) is 7.76. The Morgan fingerprint density at radius 2 is 1.81 bits per heavy atom. The van der Waals surface area contributed by atoms with Crippen LogP contribution < -0.4 is 9.47 Å². The van der Waals surface area contributed by atoms with E-state index in [0.29, 0.717) is 26.4 Å². The number of nitrogens with zero attached hydrogens (tertiary/aromatic N) is 1. The first-order valence-electron chi connectivity index (χ1n) is 9.63. The second-order valence-electron chi connectivity index (χ2n) is 7.37. The van der Waals surface area contributed by atoms with Crippen LogP contribution in [0.1, 0.15) is 37.2 Å². The molecule has 27 heavy (non-hydrogen) atoms. The minimum absolute atomic E-state index is 0.0233. The third-order valence-electron chi connectivity index (χ3n) is 5.58. The summed E-state index contributed by atoms with van der Waals surface area (Å²) < 4.78 is 16.6. The van der Waals surface area contributed by atoms with Gasteiger partial charge in [0.05, 0.1) is 6.42 Å². The van der Waals surface area contributed by atoms with E-state index in [1.807, 2.05) is 18.2 Å². The minimum atomic E-state index is -0.876. The van der Waals surface area contributed by atoms with Crippen LogP contribution in [0.5, 0.6) is 11.5 Å². The molecule has 2 aliphatic heterocycles. The van der Waals surface area contributed by atoms with Gasteiger partial charge in [0.25, 0.3) is 0 Å². The Morgan fingerprint density at radius 3 is 2.56 bits per heavy atom. The zero-order valence-corrected chi connectivity index (χ0v) is 15.3. The van der Waals surface area contributed by atoms with Crippen LogP contribution >= 0.6 is 0 Å². The highest BCUT2D eigenvalue weighted by molar-refractivity contribution is 5.84. The second-order valence-corrected chi connectivity index (χ2v) is 7.37. The number of carboxylic acid groups (broad SMARTS) is 1. The summed E-state index contributed by atoms with van der Waals surface area (Å²) in [5, 5.41) is 9.05. The smallest absolute Gasteiger partial charge is 0.305 e. The normalized spacial score (nSPS) is 24.3. The third-order valence-corrected chi connectivity index (χ3v) is 5.58. The van der Waals surface area contributed by atoms with Crippen molar-refractivity contribution < 1.29 is 28.9 Å². The first-order chi connectivity index (χ1) is 13.1. The molecule has 7 heteroatoms. The van der Waals surface area contributed by atoms with Crippen LogP contribution in [0.3, 0.4) is 0 Å². The molecule has 1 saturated heterocycles. The van der Waals surface area contributed by atoms with Crippen molar-refractivity contribution in [1.29, 1.82) is 0 Å². The van der Waals surface area contributed by atoms with E-state index in [2.05, 4.69) is 0 Å². The van der Waals surface area contributed by atoms with Gasteiger partial charge < -0.3 is 24.2 Å². The SMILES string of the molecule is O=C(O)CCN(C(=O)C1CC1c1ccc2c(c1)OCCO2)C1CCOCC1. The van der Waals surface area contributed by atoms with Gasteiger partial charge in [-0.1, -0.05) is 6.07 Å². The van der Waals surface area contributed by atoms with Crippen LogP contribution in [-0.4, -0.2) is 60.9 Å². The van der Waals surface area contributed by atoms with Gasteiger partial charge in [-0.15, -0.1) is 0 Å². The van der Waals surface area contributed by atoms with E-state index < -0.39 is 5.97 Å². The van der Waals surface area contributed by atoms with E-state index >= 15 is 0 Å². The van der Waals surface area contributed by atoms with E-state index in [-0.39, 0.29) is 36.8 Å². The number of rotatable bonds is 6. The number of hydrogen-bond acceptors (Lipinski definition) is 5. The van der Waals surface area contributed by atoms with Gasteiger partial charge >= 0.3 is 5.97 Å². The Kier molecular flexibility index (Phi) is 5.20. The average molecular weight is 375 g/mol. The van der Waals surface area contributed by atoms with E-state index in [1.165, 1.54) is 0 Å². The summed E-state index contributed by atoms with van der Waals surface area (Å²) in [6.07, 6.45) is 2.31. The van der Waals surface area contributed by atoms with Crippen molar-refractivity contribution in [3.05, 3.63) is 23.8 Å². The summed E-state index contributed by atoms with van der Waals surface area (Å²) in [4.78, 5) is 25.9. The first kappa shape index (κ1) is 18.1. The number of carbonyl (C=O) groups is 2. The average Bonchev–Trinajstić information content (AvgIpc) is 3.49. The summed E-state index contributed by atoms with van der Waals surface area (Å²) >= 11 is 0. The Labute approximate surface area is 158 Å². The fraction of sp³-hybridized carbons (Fsp3) is 0.600. The fourth-order valence-corrected chi connectivity index (χ4v) is 4.03. The van der Waals surface area contributed by atoms with Gasteiger partial charge in [-0.2, -0.15) is 0 Å². The lowest BCUT2D eigenvalue weighted by molar-refractivity contribution is -0.141. The predicted molar refractivity (Wildman–Crippen MR) is 96.1 cm³/mol. The van der Waals surface area contributed by atoms with Gasteiger partial charge in [-0.3, -0.25) is 9.59 Å². The number of carboxylic acids is 1. The van der Waals surface area contributed by atoms with Gasteiger partial charge in [0.1, 0.15) is 13.2 Å². The Bertz CT molecular complexity index is 714. The standard InChI is InChI=1S/C20H25NO6/c22-19(23)3-6-21(14-4-7-25-8-5-14)20(24)16-12-15(16)13-1-2-17-18(11-13)27-10-9-26-17/h1-2,11,14-16H,3-10,12H2,(H,22,23). The maximum Gasteiger partial charge on any atom is 0.305 e. The zero-order chi connectivity index (χ0) is 18.8. The van der Waals surface area contributed by atoms with Crippen molar-refractivity contribution in [2.75, 3.05) is 33.0 Å². The lowest BCUT2D eigenvalue weighted by Gasteiger charge is -2.34. The summed E-state index contributed by atoms with van der Waals surface area (Å²) in [7, 11) is 0. The summed E-state index contributed by atoms with van der Waals surface area (Å²) in [6, 6.07) is 5.96. The highest BCUT2D eigenvalue weighted by Crippen LogP contribution is 2.50. The van der Waals surface area contributed by atoms with Gasteiger partial charge in [0, 0.05) is 31.7 Å². The van der Waals surface area contributed by atoms with Crippen LogP contribution in [0.4, 0.5) is 0 Å². The highest BCUT2D eigenvalue weighted by Gasteiger charge is 2.47. The van der Waals surface area contributed by atoms with Crippen LogP contribution in [0.2, 0.25) is 0 Å². The molecule has 0 radical (unpaired) electrons. The Morgan fingerprint density at radius 1 is 1.07 bits per heavy atom. The lowest BCUT2D eigenvalue weighted by atomic mass is 10.0. The van der Waals surface area contributed by atoms with Crippen LogP contribution in [0.25, 0.3) is 0 Å². The molecule has 2 heterocycles. The number of amides is 1. The molecule has 7 nitrogen and oxygen atoms in total. The topological polar surface area (TPSA) is 85.3 Å². The minimum Gasteiger partial charge on any atom is -0.486 e. The predicted octanol–water partition coefficient (Wildman–Crippen LogP) is 2.04. The molecule has 0 bridgehead atoms. The molecule has 3 aliphatic rings. The molecule has 0 spiro atoms. The van der Waals surface area contributed by atoms with Crippen LogP contribution in [-0.2, 0) is 14.3 Å². The van der Waals surface area contributed by atoms with Crippen LogP contribution in [0, 0.1) is 5.92 Å². The molecule has 4 rings (SSSR count). The summed E-state index contributed by atoms with van der Waals surface area (Å²) in [5.74, 6) is 0.773. The Balaban J connectivity index is 1.45. The Hall–Kier alpha value is -2.28. The van der Waals surface area contributed by atoms with Gasteiger partial charge in [-0.05, 0) is 42.9 Å². The van der Waals surface area contributed by atoms with Crippen molar-refractivity contribution in [3.63, 3.8) is 0 Å². The number of hydrogen-bond donors (Lipinski definition) is 1. The van der Waals surface area contributed by atoms with Crippen LogP contribution in [0.15, 0.2) is 18.2 Å².